The van der Waals surface area contributed by atoms with Crippen LogP contribution in [0, 0.1) is 0 Å². The molecule has 4 heteroatoms. The molecule has 0 unspecified atom stereocenters. The van der Waals surface area contributed by atoms with Gasteiger partial charge in [0, 0.05) is 11.8 Å². The van der Waals surface area contributed by atoms with Crippen molar-refractivity contribution in [3.05, 3.63) is 28.0 Å². The summed E-state index contributed by atoms with van der Waals surface area (Å²) in [5.74, 6) is 0. The molecule has 2 nitrogen and oxygen atoms in total. The van der Waals surface area contributed by atoms with Gasteiger partial charge in [-0.3, -0.25) is 4.79 Å². The highest BCUT2D eigenvalue weighted by Gasteiger charge is 1.98. The molecular formula is C6H3Cl2NO. The summed E-state index contributed by atoms with van der Waals surface area (Å²) in [7, 11) is 0. The van der Waals surface area contributed by atoms with E-state index in [4.69, 9.17) is 23.2 Å². The van der Waals surface area contributed by atoms with Crippen LogP contribution in [0.3, 0.4) is 0 Å². The van der Waals surface area contributed by atoms with Crippen LogP contribution in [0.5, 0.6) is 0 Å². The third-order valence-corrected chi connectivity index (χ3v) is 1.50. The van der Waals surface area contributed by atoms with E-state index in [0.29, 0.717) is 16.9 Å². The average Bonchev–Trinajstić information content (AvgIpc) is 1.94. The molecule has 10 heavy (non-hydrogen) atoms. The molecule has 0 aliphatic heterocycles. The van der Waals surface area contributed by atoms with Crippen molar-refractivity contribution in [2.24, 2.45) is 0 Å². The third kappa shape index (κ3) is 1.46. The van der Waals surface area contributed by atoms with Gasteiger partial charge in [-0.05, 0) is 6.07 Å². The van der Waals surface area contributed by atoms with Crippen LogP contribution in [-0.4, -0.2) is 11.3 Å². The molecule has 1 heterocycles. The molecular weight excluding hydrogens is 173 g/mol. The first-order valence-electron chi connectivity index (χ1n) is 2.50. The van der Waals surface area contributed by atoms with E-state index >= 15 is 0 Å². The Morgan fingerprint density at radius 3 is 2.70 bits per heavy atom. The summed E-state index contributed by atoms with van der Waals surface area (Å²) in [6.07, 6.45) is 1.98. The SMILES string of the molecule is O=Cc1cc(Cl)ncc1Cl. The molecule has 1 aromatic rings. The van der Waals surface area contributed by atoms with E-state index in [9.17, 15) is 4.79 Å². The second kappa shape index (κ2) is 2.99. The average molecular weight is 176 g/mol. The van der Waals surface area contributed by atoms with Gasteiger partial charge in [-0.15, -0.1) is 0 Å². The summed E-state index contributed by atoms with van der Waals surface area (Å²) in [4.78, 5) is 13.9. The molecule has 0 saturated heterocycles. The lowest BCUT2D eigenvalue weighted by Crippen LogP contribution is -1.83. The van der Waals surface area contributed by atoms with Crippen molar-refractivity contribution in [2.45, 2.75) is 0 Å². The maximum atomic E-state index is 10.2. The summed E-state index contributed by atoms with van der Waals surface area (Å²) in [5, 5.41) is 0.589. The second-order valence-electron chi connectivity index (χ2n) is 1.65. The number of rotatable bonds is 1. The van der Waals surface area contributed by atoms with Crippen LogP contribution in [-0.2, 0) is 0 Å². The Morgan fingerprint density at radius 2 is 2.20 bits per heavy atom. The molecule has 52 valence electrons. The van der Waals surface area contributed by atoms with Crippen LogP contribution < -0.4 is 0 Å². The van der Waals surface area contributed by atoms with Gasteiger partial charge in [0.25, 0.3) is 0 Å². The van der Waals surface area contributed by atoms with Gasteiger partial charge >= 0.3 is 0 Å². The Kier molecular flexibility index (Phi) is 2.25. The minimum atomic E-state index is 0.270. The predicted octanol–water partition coefficient (Wildman–Crippen LogP) is 2.20. The fraction of sp³-hybridized carbons (Fsp3) is 0. The van der Waals surface area contributed by atoms with Gasteiger partial charge in [-0.1, -0.05) is 23.2 Å². The largest absolute Gasteiger partial charge is 0.298 e. The summed E-state index contributed by atoms with van der Waals surface area (Å²) in [6, 6.07) is 1.41. The van der Waals surface area contributed by atoms with E-state index in [2.05, 4.69) is 4.98 Å². The molecule has 0 atom stereocenters. The molecule has 0 aliphatic rings. The molecule has 0 spiro atoms. The van der Waals surface area contributed by atoms with E-state index in [-0.39, 0.29) is 5.15 Å². The number of hydrogen-bond donors (Lipinski definition) is 0. The first-order valence-corrected chi connectivity index (χ1v) is 3.26. The molecule has 0 fully saturated rings. The van der Waals surface area contributed by atoms with Gasteiger partial charge in [0.1, 0.15) is 5.15 Å². The minimum absolute atomic E-state index is 0.270. The molecule has 0 saturated carbocycles. The standard InChI is InChI=1S/C6H3Cl2NO/c7-5-2-9-6(8)1-4(5)3-10/h1-3H. The van der Waals surface area contributed by atoms with Crippen molar-refractivity contribution in [1.82, 2.24) is 4.98 Å². The molecule has 0 amide bonds. The van der Waals surface area contributed by atoms with Crippen molar-refractivity contribution < 1.29 is 4.79 Å². The van der Waals surface area contributed by atoms with Crippen LogP contribution in [0.4, 0.5) is 0 Å². The summed E-state index contributed by atoms with van der Waals surface area (Å²) in [6.45, 7) is 0. The highest BCUT2D eigenvalue weighted by molar-refractivity contribution is 6.34. The molecule has 0 bridgehead atoms. The van der Waals surface area contributed by atoms with E-state index in [0.717, 1.165) is 0 Å². The Hall–Kier alpha value is -0.600. The molecule has 0 radical (unpaired) electrons. The molecule has 0 aromatic carbocycles. The van der Waals surface area contributed by atoms with Crippen LogP contribution in [0.2, 0.25) is 10.2 Å². The molecule has 0 N–H and O–H groups in total. The van der Waals surface area contributed by atoms with E-state index in [1.165, 1.54) is 12.3 Å². The molecule has 0 aliphatic carbocycles. The van der Waals surface area contributed by atoms with E-state index in [1.807, 2.05) is 0 Å². The van der Waals surface area contributed by atoms with Gasteiger partial charge in [0.2, 0.25) is 0 Å². The van der Waals surface area contributed by atoms with Crippen molar-refractivity contribution in [1.29, 1.82) is 0 Å². The number of nitrogens with zero attached hydrogens (tertiary/aromatic N) is 1. The van der Waals surface area contributed by atoms with Crippen molar-refractivity contribution >= 4 is 29.5 Å². The highest BCUT2D eigenvalue weighted by atomic mass is 35.5. The number of hydrogen-bond acceptors (Lipinski definition) is 2. The summed E-state index contributed by atoms with van der Waals surface area (Å²) < 4.78 is 0. The quantitative estimate of drug-likeness (QED) is 0.484. The van der Waals surface area contributed by atoms with Crippen molar-refractivity contribution in [3.8, 4) is 0 Å². The van der Waals surface area contributed by atoms with Crippen LogP contribution in [0.15, 0.2) is 12.3 Å². The lowest BCUT2D eigenvalue weighted by Gasteiger charge is -1.93. The first kappa shape index (κ1) is 7.51. The summed E-state index contributed by atoms with van der Waals surface area (Å²) in [5.41, 5.74) is 0.363. The normalized spacial score (nSPS) is 9.40. The van der Waals surface area contributed by atoms with Crippen molar-refractivity contribution in [3.63, 3.8) is 0 Å². The van der Waals surface area contributed by atoms with Gasteiger partial charge in [-0.25, -0.2) is 4.98 Å². The molecule has 1 rings (SSSR count). The van der Waals surface area contributed by atoms with Crippen molar-refractivity contribution in [2.75, 3.05) is 0 Å². The van der Waals surface area contributed by atoms with E-state index < -0.39 is 0 Å². The summed E-state index contributed by atoms with van der Waals surface area (Å²) >= 11 is 11.0. The maximum absolute atomic E-state index is 10.2. The first-order chi connectivity index (χ1) is 4.74. The monoisotopic (exact) mass is 175 g/mol. The number of aromatic nitrogens is 1. The van der Waals surface area contributed by atoms with Gasteiger partial charge in [0.05, 0.1) is 5.02 Å². The Balaban J connectivity index is 3.21. The van der Waals surface area contributed by atoms with Gasteiger partial charge < -0.3 is 0 Å². The Morgan fingerprint density at radius 1 is 1.50 bits per heavy atom. The van der Waals surface area contributed by atoms with E-state index in [1.54, 1.807) is 0 Å². The minimum Gasteiger partial charge on any atom is -0.298 e. The molecule has 1 aromatic heterocycles. The number of carbonyl (C=O) groups is 1. The Bertz CT molecular complexity index is 262. The second-order valence-corrected chi connectivity index (χ2v) is 2.44. The maximum Gasteiger partial charge on any atom is 0.151 e. The van der Waals surface area contributed by atoms with Gasteiger partial charge in [0.15, 0.2) is 6.29 Å². The zero-order valence-electron chi connectivity index (χ0n) is 4.84. The lowest BCUT2D eigenvalue weighted by molar-refractivity contribution is 0.112. The fourth-order valence-corrected chi connectivity index (χ4v) is 0.832. The number of carbonyl (C=O) groups excluding carboxylic acids is 1. The lowest BCUT2D eigenvalue weighted by atomic mass is 10.3. The Labute approximate surface area is 67.8 Å². The number of halogens is 2. The highest BCUT2D eigenvalue weighted by Crippen LogP contribution is 2.15. The zero-order chi connectivity index (χ0) is 7.56. The number of pyridine rings is 1. The number of aldehydes is 1. The topological polar surface area (TPSA) is 30.0 Å². The van der Waals surface area contributed by atoms with Crippen LogP contribution in [0.1, 0.15) is 10.4 Å². The van der Waals surface area contributed by atoms with Crippen LogP contribution >= 0.6 is 23.2 Å². The van der Waals surface area contributed by atoms with Crippen LogP contribution in [0.25, 0.3) is 0 Å². The predicted molar refractivity (Wildman–Crippen MR) is 39.6 cm³/mol. The third-order valence-electron chi connectivity index (χ3n) is 0.979. The smallest absolute Gasteiger partial charge is 0.151 e. The zero-order valence-corrected chi connectivity index (χ0v) is 6.36. The fourth-order valence-electron chi connectivity index (χ4n) is 0.518. The van der Waals surface area contributed by atoms with Gasteiger partial charge in [-0.2, -0.15) is 0 Å².